The van der Waals surface area contributed by atoms with Gasteiger partial charge in [-0.15, -0.1) is 0 Å². The molecule has 0 aliphatic carbocycles. The highest BCUT2D eigenvalue weighted by molar-refractivity contribution is 9.10. The molecule has 0 fully saturated rings. The lowest BCUT2D eigenvalue weighted by atomic mass is 10.0. The zero-order chi connectivity index (χ0) is 12.3. The molecule has 1 aromatic carbocycles. The van der Waals surface area contributed by atoms with Gasteiger partial charge in [-0.1, -0.05) is 22.9 Å². The normalized spacial score (nSPS) is 14.6. The van der Waals surface area contributed by atoms with E-state index in [-0.39, 0.29) is 0 Å². The van der Waals surface area contributed by atoms with E-state index in [9.17, 15) is 5.11 Å². The maximum atomic E-state index is 9.91. The summed E-state index contributed by atoms with van der Waals surface area (Å²) in [4.78, 5) is 0. The zero-order valence-electron chi connectivity index (χ0n) is 10.4. The van der Waals surface area contributed by atoms with E-state index >= 15 is 0 Å². The van der Waals surface area contributed by atoms with Gasteiger partial charge in [-0.25, -0.2) is 0 Å². The van der Waals surface area contributed by atoms with Gasteiger partial charge in [-0.05, 0) is 50.5 Å². The second-order valence-electron chi connectivity index (χ2n) is 4.63. The first-order chi connectivity index (χ1) is 7.35. The number of nitrogens with one attached hydrogen (secondary N) is 1. The van der Waals surface area contributed by atoms with E-state index in [4.69, 9.17) is 0 Å². The summed E-state index contributed by atoms with van der Waals surface area (Å²) in [6.45, 7) is 8.54. The highest BCUT2D eigenvalue weighted by Gasteiger charge is 2.16. The molecule has 0 radical (unpaired) electrons. The molecule has 1 atom stereocenters. The Balaban J connectivity index is 2.76. The summed E-state index contributed by atoms with van der Waals surface area (Å²) < 4.78 is 1.15. The number of halogens is 1. The van der Waals surface area contributed by atoms with Crippen molar-refractivity contribution < 1.29 is 5.11 Å². The van der Waals surface area contributed by atoms with Crippen molar-refractivity contribution in [3.63, 3.8) is 0 Å². The first kappa shape index (κ1) is 13.5. The summed E-state index contributed by atoms with van der Waals surface area (Å²) in [6.07, 6.45) is 0.745. The lowest BCUT2D eigenvalue weighted by molar-refractivity contribution is 0.0697. The Labute approximate surface area is 106 Å². The van der Waals surface area contributed by atoms with Crippen molar-refractivity contribution >= 4 is 21.6 Å². The van der Waals surface area contributed by atoms with E-state index in [1.165, 1.54) is 11.1 Å². The molecule has 0 aliphatic heterocycles. The third-order valence-corrected chi connectivity index (χ3v) is 4.12. The van der Waals surface area contributed by atoms with Gasteiger partial charge in [-0.3, -0.25) is 0 Å². The molecule has 0 heterocycles. The van der Waals surface area contributed by atoms with Gasteiger partial charge >= 0.3 is 0 Å². The van der Waals surface area contributed by atoms with E-state index in [0.717, 1.165) is 16.6 Å². The van der Waals surface area contributed by atoms with Crippen molar-refractivity contribution in [1.29, 1.82) is 0 Å². The van der Waals surface area contributed by atoms with Crippen LogP contribution in [-0.4, -0.2) is 17.3 Å². The van der Waals surface area contributed by atoms with Crippen molar-refractivity contribution in [2.45, 2.75) is 39.7 Å². The molecule has 2 nitrogen and oxygen atoms in total. The standard InChI is InChI=1S/C13H20BrNO/c1-5-13(4,16)8-15-11-6-9(2)12(14)10(3)7-11/h6-7,15-16H,5,8H2,1-4H3. The van der Waals surface area contributed by atoms with Crippen LogP contribution in [0.4, 0.5) is 5.69 Å². The summed E-state index contributed by atoms with van der Waals surface area (Å²) in [5.41, 5.74) is 2.83. The van der Waals surface area contributed by atoms with Crippen LogP contribution in [0.2, 0.25) is 0 Å². The van der Waals surface area contributed by atoms with Crippen LogP contribution in [0.1, 0.15) is 31.4 Å². The maximum absolute atomic E-state index is 9.91. The van der Waals surface area contributed by atoms with Gasteiger partial charge in [0.15, 0.2) is 0 Å². The Morgan fingerprint density at radius 1 is 1.31 bits per heavy atom. The van der Waals surface area contributed by atoms with Gasteiger partial charge in [0.1, 0.15) is 0 Å². The minimum absolute atomic E-state index is 0.573. The summed E-state index contributed by atoms with van der Waals surface area (Å²) in [6, 6.07) is 4.17. The number of hydrogen-bond donors (Lipinski definition) is 2. The topological polar surface area (TPSA) is 32.3 Å². The van der Waals surface area contributed by atoms with Gasteiger partial charge in [0, 0.05) is 16.7 Å². The summed E-state index contributed by atoms with van der Waals surface area (Å²) in [5.74, 6) is 0. The highest BCUT2D eigenvalue weighted by Crippen LogP contribution is 2.25. The third kappa shape index (κ3) is 3.49. The van der Waals surface area contributed by atoms with Crippen LogP contribution in [0.25, 0.3) is 0 Å². The fourth-order valence-electron chi connectivity index (χ4n) is 1.47. The molecule has 0 bridgehead atoms. The highest BCUT2D eigenvalue weighted by atomic mass is 79.9. The Morgan fingerprint density at radius 2 is 1.81 bits per heavy atom. The second-order valence-corrected chi connectivity index (χ2v) is 5.42. The first-order valence-electron chi connectivity index (χ1n) is 5.59. The molecule has 0 saturated heterocycles. The van der Waals surface area contributed by atoms with Crippen LogP contribution in [0.5, 0.6) is 0 Å². The molecular formula is C13H20BrNO. The number of anilines is 1. The molecule has 16 heavy (non-hydrogen) atoms. The van der Waals surface area contributed by atoms with Crippen LogP contribution in [-0.2, 0) is 0 Å². The molecule has 2 N–H and O–H groups in total. The Morgan fingerprint density at radius 3 is 2.25 bits per heavy atom. The zero-order valence-corrected chi connectivity index (χ0v) is 12.0. The molecule has 3 heteroatoms. The monoisotopic (exact) mass is 285 g/mol. The number of rotatable bonds is 4. The van der Waals surface area contributed by atoms with Gasteiger partial charge < -0.3 is 10.4 Å². The van der Waals surface area contributed by atoms with Crippen LogP contribution < -0.4 is 5.32 Å². The van der Waals surface area contributed by atoms with Crippen LogP contribution in [0.3, 0.4) is 0 Å². The Kier molecular flexibility index (Phi) is 4.39. The van der Waals surface area contributed by atoms with Crippen LogP contribution in [0, 0.1) is 13.8 Å². The van der Waals surface area contributed by atoms with Crippen molar-refractivity contribution in [1.82, 2.24) is 0 Å². The molecule has 0 spiro atoms. The van der Waals surface area contributed by atoms with E-state index in [2.05, 4.69) is 47.2 Å². The quantitative estimate of drug-likeness (QED) is 0.885. The molecular weight excluding hydrogens is 266 g/mol. The first-order valence-corrected chi connectivity index (χ1v) is 6.38. The number of aryl methyl sites for hydroxylation is 2. The van der Waals surface area contributed by atoms with Crippen LogP contribution >= 0.6 is 15.9 Å². The molecule has 1 rings (SSSR count). The Bertz CT molecular complexity index is 351. The predicted molar refractivity (Wildman–Crippen MR) is 73.0 cm³/mol. The van der Waals surface area contributed by atoms with E-state index in [0.29, 0.717) is 6.54 Å². The second kappa shape index (κ2) is 5.19. The lowest BCUT2D eigenvalue weighted by Gasteiger charge is -2.22. The van der Waals surface area contributed by atoms with Crippen molar-refractivity contribution in [3.05, 3.63) is 27.7 Å². The SMILES string of the molecule is CCC(C)(O)CNc1cc(C)c(Br)c(C)c1. The molecule has 0 aliphatic rings. The van der Waals surface area contributed by atoms with Gasteiger partial charge in [-0.2, -0.15) is 0 Å². The third-order valence-electron chi connectivity index (χ3n) is 2.87. The maximum Gasteiger partial charge on any atom is 0.0788 e. The van der Waals surface area contributed by atoms with Crippen molar-refractivity contribution in [3.8, 4) is 0 Å². The van der Waals surface area contributed by atoms with E-state index < -0.39 is 5.60 Å². The summed E-state index contributed by atoms with van der Waals surface area (Å²) >= 11 is 3.54. The number of hydrogen-bond acceptors (Lipinski definition) is 2. The molecule has 0 amide bonds. The molecule has 1 unspecified atom stereocenters. The predicted octanol–water partition coefficient (Wildman–Crippen LogP) is 3.64. The molecule has 90 valence electrons. The van der Waals surface area contributed by atoms with Gasteiger partial charge in [0.2, 0.25) is 0 Å². The molecule has 1 aromatic rings. The van der Waals surface area contributed by atoms with Crippen LogP contribution in [0.15, 0.2) is 16.6 Å². The van der Waals surface area contributed by atoms with E-state index in [1.807, 2.05) is 13.8 Å². The molecule has 0 aromatic heterocycles. The average molecular weight is 286 g/mol. The fourth-order valence-corrected chi connectivity index (χ4v) is 1.69. The lowest BCUT2D eigenvalue weighted by Crippen LogP contribution is -2.32. The minimum atomic E-state index is -0.644. The largest absolute Gasteiger partial charge is 0.388 e. The number of benzene rings is 1. The fraction of sp³-hybridized carbons (Fsp3) is 0.538. The minimum Gasteiger partial charge on any atom is -0.388 e. The summed E-state index contributed by atoms with van der Waals surface area (Å²) in [7, 11) is 0. The van der Waals surface area contributed by atoms with E-state index in [1.54, 1.807) is 0 Å². The Hall–Kier alpha value is -0.540. The average Bonchev–Trinajstić information content (AvgIpc) is 2.23. The van der Waals surface area contributed by atoms with Crippen molar-refractivity contribution in [2.75, 3.05) is 11.9 Å². The van der Waals surface area contributed by atoms with Gasteiger partial charge in [0.05, 0.1) is 5.60 Å². The molecule has 0 saturated carbocycles. The smallest absolute Gasteiger partial charge is 0.0788 e. The summed E-state index contributed by atoms with van der Waals surface area (Å²) in [5, 5.41) is 13.2. The van der Waals surface area contributed by atoms with Crippen molar-refractivity contribution in [2.24, 2.45) is 0 Å². The number of aliphatic hydroxyl groups is 1. The van der Waals surface area contributed by atoms with Gasteiger partial charge in [0.25, 0.3) is 0 Å².